The van der Waals surface area contributed by atoms with Gasteiger partial charge in [0.1, 0.15) is 0 Å². The van der Waals surface area contributed by atoms with Crippen molar-refractivity contribution in [3.05, 3.63) is 52.6 Å². The molecule has 1 aromatic carbocycles. The number of hydrogen-bond acceptors (Lipinski definition) is 2. The van der Waals surface area contributed by atoms with E-state index in [9.17, 15) is 0 Å². The molecule has 3 nitrogen and oxygen atoms in total. The van der Waals surface area contributed by atoms with Gasteiger partial charge < -0.3 is 9.55 Å². The normalized spacial score (nSPS) is 17.2. The SMILES string of the molecule is CCc1c[nH]c(=S)n1C1CCN(Cc2ccccc2)CC1. The van der Waals surface area contributed by atoms with Crippen LogP contribution in [0.25, 0.3) is 0 Å². The van der Waals surface area contributed by atoms with Gasteiger partial charge in [-0.05, 0) is 37.0 Å². The third-order valence-corrected chi connectivity index (χ3v) is 4.74. The number of nitrogens with zero attached hydrogens (tertiary/aromatic N) is 2. The molecule has 0 amide bonds. The summed E-state index contributed by atoms with van der Waals surface area (Å²) < 4.78 is 3.23. The largest absolute Gasteiger partial charge is 0.337 e. The first-order valence-electron chi connectivity index (χ1n) is 7.83. The first-order chi connectivity index (χ1) is 10.3. The van der Waals surface area contributed by atoms with Gasteiger partial charge >= 0.3 is 0 Å². The maximum absolute atomic E-state index is 5.45. The summed E-state index contributed by atoms with van der Waals surface area (Å²) in [4.78, 5) is 5.75. The smallest absolute Gasteiger partial charge is 0.177 e. The Bertz CT molecular complexity index is 621. The van der Waals surface area contributed by atoms with Crippen molar-refractivity contribution < 1.29 is 0 Å². The fourth-order valence-electron chi connectivity index (χ4n) is 3.26. The van der Waals surface area contributed by atoms with E-state index >= 15 is 0 Å². The lowest BCUT2D eigenvalue weighted by atomic mass is 10.0. The van der Waals surface area contributed by atoms with E-state index in [1.807, 2.05) is 0 Å². The lowest BCUT2D eigenvalue weighted by molar-refractivity contribution is 0.177. The van der Waals surface area contributed by atoms with Crippen LogP contribution >= 0.6 is 12.2 Å². The molecular weight excluding hydrogens is 278 g/mol. The average Bonchev–Trinajstić information content (AvgIpc) is 2.90. The van der Waals surface area contributed by atoms with Gasteiger partial charge in [-0.25, -0.2) is 0 Å². The fourth-order valence-corrected chi connectivity index (χ4v) is 3.59. The van der Waals surface area contributed by atoms with E-state index in [2.05, 4.69) is 57.9 Å². The van der Waals surface area contributed by atoms with Gasteiger partial charge in [0.25, 0.3) is 0 Å². The van der Waals surface area contributed by atoms with Crippen LogP contribution < -0.4 is 0 Å². The number of imidazole rings is 1. The van der Waals surface area contributed by atoms with Crippen molar-refractivity contribution in [1.29, 1.82) is 0 Å². The fraction of sp³-hybridized carbons (Fsp3) is 0.471. The first-order valence-corrected chi connectivity index (χ1v) is 8.24. The number of hydrogen-bond donors (Lipinski definition) is 1. The van der Waals surface area contributed by atoms with Crippen LogP contribution in [0.1, 0.15) is 37.1 Å². The van der Waals surface area contributed by atoms with Crippen LogP contribution in [0, 0.1) is 4.77 Å². The molecule has 0 radical (unpaired) electrons. The van der Waals surface area contributed by atoms with Gasteiger partial charge in [0.2, 0.25) is 0 Å². The zero-order valence-electron chi connectivity index (χ0n) is 12.6. The zero-order valence-corrected chi connectivity index (χ0v) is 13.4. The maximum Gasteiger partial charge on any atom is 0.177 e. The minimum atomic E-state index is 0.561. The molecule has 0 bridgehead atoms. The molecule has 0 atom stereocenters. The Morgan fingerprint density at radius 3 is 2.57 bits per heavy atom. The number of H-pyrrole nitrogens is 1. The molecule has 2 aromatic rings. The van der Waals surface area contributed by atoms with Gasteiger partial charge in [-0.2, -0.15) is 0 Å². The summed E-state index contributed by atoms with van der Waals surface area (Å²) >= 11 is 5.45. The maximum atomic E-state index is 5.45. The predicted molar refractivity (Wildman–Crippen MR) is 89.0 cm³/mol. The number of aromatic nitrogens is 2. The molecule has 1 aliphatic rings. The Kier molecular flexibility index (Phi) is 4.56. The van der Waals surface area contributed by atoms with Crippen molar-refractivity contribution in [3.63, 3.8) is 0 Å². The molecule has 1 aliphatic heterocycles. The van der Waals surface area contributed by atoms with E-state index in [1.54, 1.807) is 0 Å². The minimum Gasteiger partial charge on any atom is -0.337 e. The highest BCUT2D eigenvalue weighted by Gasteiger charge is 2.22. The predicted octanol–water partition coefficient (Wildman–Crippen LogP) is 3.95. The molecule has 3 rings (SSSR count). The number of aromatic amines is 1. The van der Waals surface area contributed by atoms with Crippen LogP contribution in [0.4, 0.5) is 0 Å². The molecule has 0 aliphatic carbocycles. The van der Waals surface area contributed by atoms with E-state index < -0.39 is 0 Å². The van der Waals surface area contributed by atoms with Crippen molar-refractivity contribution >= 4 is 12.2 Å². The van der Waals surface area contributed by atoms with Crippen LogP contribution in [-0.2, 0) is 13.0 Å². The average molecular weight is 301 g/mol. The molecular formula is C17H23N3S. The lowest BCUT2D eigenvalue weighted by Crippen LogP contribution is -2.34. The molecule has 1 saturated heterocycles. The highest BCUT2D eigenvalue weighted by Crippen LogP contribution is 2.25. The van der Waals surface area contributed by atoms with Gasteiger partial charge in [0.15, 0.2) is 4.77 Å². The van der Waals surface area contributed by atoms with Crippen molar-refractivity contribution in [1.82, 2.24) is 14.5 Å². The molecule has 0 unspecified atom stereocenters. The second-order valence-corrected chi connectivity index (χ2v) is 6.19. The molecule has 112 valence electrons. The van der Waals surface area contributed by atoms with Crippen LogP contribution in [0.5, 0.6) is 0 Å². The first kappa shape index (κ1) is 14.5. The molecule has 1 N–H and O–H groups in total. The van der Waals surface area contributed by atoms with Crippen LogP contribution in [0.2, 0.25) is 0 Å². The van der Waals surface area contributed by atoms with Crippen molar-refractivity contribution in [2.75, 3.05) is 13.1 Å². The van der Waals surface area contributed by atoms with E-state index in [0.29, 0.717) is 6.04 Å². The molecule has 0 spiro atoms. The zero-order chi connectivity index (χ0) is 14.7. The highest BCUT2D eigenvalue weighted by molar-refractivity contribution is 7.71. The number of benzene rings is 1. The number of nitrogens with one attached hydrogen (secondary N) is 1. The van der Waals surface area contributed by atoms with Crippen molar-refractivity contribution in [2.45, 2.75) is 38.8 Å². The van der Waals surface area contributed by atoms with Gasteiger partial charge in [-0.1, -0.05) is 37.3 Å². The third-order valence-electron chi connectivity index (χ3n) is 4.42. The number of aryl methyl sites for hydroxylation is 1. The minimum absolute atomic E-state index is 0.561. The summed E-state index contributed by atoms with van der Waals surface area (Å²) in [5.41, 5.74) is 2.74. The summed E-state index contributed by atoms with van der Waals surface area (Å²) in [5, 5.41) is 0. The van der Waals surface area contributed by atoms with Gasteiger partial charge in [-0.15, -0.1) is 0 Å². The van der Waals surface area contributed by atoms with E-state index in [1.165, 1.54) is 24.1 Å². The second kappa shape index (κ2) is 6.58. The molecule has 21 heavy (non-hydrogen) atoms. The number of rotatable bonds is 4. The Labute approximate surface area is 131 Å². The second-order valence-electron chi connectivity index (χ2n) is 5.80. The lowest BCUT2D eigenvalue weighted by Gasteiger charge is -2.33. The van der Waals surface area contributed by atoms with Crippen molar-refractivity contribution in [3.8, 4) is 0 Å². The van der Waals surface area contributed by atoms with Crippen LogP contribution in [0.15, 0.2) is 36.5 Å². The Morgan fingerprint density at radius 2 is 1.90 bits per heavy atom. The molecule has 1 aromatic heterocycles. The van der Waals surface area contributed by atoms with Crippen LogP contribution in [-0.4, -0.2) is 27.5 Å². The summed E-state index contributed by atoms with van der Waals surface area (Å²) in [5.74, 6) is 0. The highest BCUT2D eigenvalue weighted by atomic mass is 32.1. The number of likely N-dealkylation sites (tertiary alicyclic amines) is 1. The Hall–Kier alpha value is -1.39. The standard InChI is InChI=1S/C17H23N3S/c1-2-15-12-18-17(21)20(15)16-8-10-19(11-9-16)13-14-6-4-3-5-7-14/h3-7,12,16H,2,8-11,13H2,1H3,(H,18,21). The van der Waals surface area contributed by atoms with E-state index in [-0.39, 0.29) is 0 Å². The molecule has 0 saturated carbocycles. The van der Waals surface area contributed by atoms with E-state index in [4.69, 9.17) is 12.2 Å². The summed E-state index contributed by atoms with van der Waals surface area (Å²) in [6.07, 6.45) is 5.48. The van der Waals surface area contributed by atoms with Gasteiger partial charge in [-0.3, -0.25) is 4.90 Å². The Morgan fingerprint density at radius 1 is 1.19 bits per heavy atom. The number of piperidine rings is 1. The summed E-state index contributed by atoms with van der Waals surface area (Å²) in [6, 6.07) is 11.3. The molecule has 4 heteroatoms. The Balaban J connectivity index is 1.63. The van der Waals surface area contributed by atoms with Crippen molar-refractivity contribution in [2.24, 2.45) is 0 Å². The summed E-state index contributed by atoms with van der Waals surface area (Å²) in [7, 11) is 0. The van der Waals surface area contributed by atoms with Gasteiger partial charge in [0.05, 0.1) is 0 Å². The monoisotopic (exact) mass is 301 g/mol. The van der Waals surface area contributed by atoms with E-state index in [0.717, 1.165) is 30.8 Å². The summed E-state index contributed by atoms with van der Waals surface area (Å²) in [6.45, 7) is 5.55. The molecule has 2 heterocycles. The quantitative estimate of drug-likeness (QED) is 0.865. The van der Waals surface area contributed by atoms with Gasteiger partial charge in [0, 0.05) is 37.6 Å². The van der Waals surface area contributed by atoms with Crippen LogP contribution in [0.3, 0.4) is 0 Å². The molecule has 1 fully saturated rings. The topological polar surface area (TPSA) is 24.0 Å². The third kappa shape index (κ3) is 3.27.